The number of nitrogens with zero attached hydrogens (tertiary/aromatic N) is 5. The Morgan fingerprint density at radius 3 is 2.71 bits per heavy atom. The van der Waals surface area contributed by atoms with E-state index >= 15 is 0 Å². The molecule has 1 aromatic heterocycles. The van der Waals surface area contributed by atoms with Crippen molar-refractivity contribution in [1.29, 1.82) is 0 Å². The molecule has 112 valence electrons. The minimum absolute atomic E-state index is 0.138. The monoisotopic (exact) mass is 309 g/mol. The van der Waals surface area contributed by atoms with Gasteiger partial charge >= 0.3 is 5.97 Å². The Morgan fingerprint density at radius 2 is 2.10 bits per heavy atom. The van der Waals surface area contributed by atoms with Crippen molar-refractivity contribution in [3.8, 4) is 0 Å². The maximum atomic E-state index is 11.1. The highest BCUT2D eigenvalue weighted by molar-refractivity contribution is 6.30. The number of hydrogen-bond acceptors (Lipinski definition) is 5. The van der Waals surface area contributed by atoms with Gasteiger partial charge in [0.2, 0.25) is 0 Å². The van der Waals surface area contributed by atoms with E-state index in [1.807, 2.05) is 6.92 Å². The molecule has 1 N–H and O–H groups in total. The second kappa shape index (κ2) is 7.03. The van der Waals surface area contributed by atoms with E-state index in [2.05, 4.69) is 15.5 Å². The number of benzene rings is 1. The van der Waals surface area contributed by atoms with Crippen molar-refractivity contribution in [1.82, 2.24) is 20.2 Å². The van der Waals surface area contributed by atoms with Gasteiger partial charge in [-0.2, -0.15) is 0 Å². The minimum atomic E-state index is -0.917. The van der Waals surface area contributed by atoms with Crippen LogP contribution in [0.5, 0.6) is 0 Å². The molecule has 2 aromatic rings. The number of carbonyl (C=O) groups is 1. The van der Waals surface area contributed by atoms with Gasteiger partial charge < -0.3 is 10.0 Å². The van der Waals surface area contributed by atoms with Gasteiger partial charge in [-0.3, -0.25) is 4.79 Å². The second-order valence-corrected chi connectivity index (χ2v) is 4.98. The number of hydrogen-bond donors (Lipinski definition) is 1. The van der Waals surface area contributed by atoms with Crippen molar-refractivity contribution in [3.63, 3.8) is 0 Å². The first kappa shape index (κ1) is 15.2. The standard InChI is InChI=1S/C13H16ClN5O2/c1-2-7-19-12(15-16-17-19)8-18(9-13(20)21)11-5-3-10(14)4-6-11/h3-6H,2,7-9H2,1H3,(H,20,21). The molecule has 0 radical (unpaired) electrons. The summed E-state index contributed by atoms with van der Waals surface area (Å²) in [6.45, 7) is 2.91. The molecule has 0 spiro atoms. The van der Waals surface area contributed by atoms with E-state index in [1.54, 1.807) is 33.8 Å². The molecule has 1 heterocycles. The van der Waals surface area contributed by atoms with Crippen molar-refractivity contribution in [3.05, 3.63) is 35.1 Å². The summed E-state index contributed by atoms with van der Waals surface area (Å²) in [4.78, 5) is 12.8. The molecular weight excluding hydrogens is 294 g/mol. The van der Waals surface area contributed by atoms with Crippen molar-refractivity contribution in [2.75, 3.05) is 11.4 Å². The van der Waals surface area contributed by atoms with E-state index in [-0.39, 0.29) is 6.54 Å². The molecule has 0 atom stereocenters. The Balaban J connectivity index is 2.21. The van der Waals surface area contributed by atoms with Crippen LogP contribution in [0.15, 0.2) is 24.3 Å². The zero-order valence-corrected chi connectivity index (χ0v) is 12.4. The van der Waals surface area contributed by atoms with Crippen molar-refractivity contribution in [2.24, 2.45) is 0 Å². The van der Waals surface area contributed by atoms with Crippen molar-refractivity contribution in [2.45, 2.75) is 26.4 Å². The third-order valence-electron chi connectivity index (χ3n) is 2.89. The summed E-state index contributed by atoms with van der Waals surface area (Å²) in [5.74, 6) is -0.285. The number of carboxylic acid groups (broad SMARTS) is 1. The molecule has 1 aromatic carbocycles. The molecule has 0 fully saturated rings. The Kier molecular flexibility index (Phi) is 5.10. The van der Waals surface area contributed by atoms with Gasteiger partial charge in [-0.25, -0.2) is 4.68 Å². The maximum absolute atomic E-state index is 11.1. The Morgan fingerprint density at radius 1 is 1.38 bits per heavy atom. The Hall–Kier alpha value is -2.15. The van der Waals surface area contributed by atoms with Gasteiger partial charge in [0.1, 0.15) is 6.54 Å². The number of aromatic nitrogens is 4. The van der Waals surface area contributed by atoms with Gasteiger partial charge in [0, 0.05) is 17.3 Å². The molecule has 0 aliphatic carbocycles. The summed E-state index contributed by atoms with van der Waals surface area (Å²) in [6, 6.07) is 7.00. The summed E-state index contributed by atoms with van der Waals surface area (Å²) in [5, 5.41) is 21.2. The molecule has 0 saturated heterocycles. The average molecular weight is 310 g/mol. The van der Waals surface area contributed by atoms with Crippen molar-refractivity contribution < 1.29 is 9.90 Å². The molecule has 0 unspecified atom stereocenters. The first-order valence-corrected chi connectivity index (χ1v) is 6.95. The Labute approximate surface area is 127 Å². The van der Waals surface area contributed by atoms with E-state index < -0.39 is 5.97 Å². The van der Waals surface area contributed by atoms with Crippen LogP contribution < -0.4 is 4.90 Å². The molecule has 0 aliphatic heterocycles. The summed E-state index contributed by atoms with van der Waals surface area (Å²) in [7, 11) is 0. The molecule has 0 bridgehead atoms. The lowest BCUT2D eigenvalue weighted by Crippen LogP contribution is -2.30. The third-order valence-corrected chi connectivity index (χ3v) is 3.14. The molecule has 7 nitrogen and oxygen atoms in total. The van der Waals surface area contributed by atoms with E-state index in [1.165, 1.54) is 0 Å². The van der Waals surface area contributed by atoms with Crippen LogP contribution in [0.3, 0.4) is 0 Å². The summed E-state index contributed by atoms with van der Waals surface area (Å²) < 4.78 is 1.69. The molecule has 0 amide bonds. The van der Waals surface area contributed by atoms with Crippen LogP contribution in [-0.4, -0.2) is 37.8 Å². The minimum Gasteiger partial charge on any atom is -0.480 e. The molecule has 0 saturated carbocycles. The van der Waals surface area contributed by atoms with E-state index in [4.69, 9.17) is 16.7 Å². The smallest absolute Gasteiger partial charge is 0.323 e. The normalized spacial score (nSPS) is 10.6. The number of aryl methyl sites for hydroxylation is 1. The number of halogens is 1. The molecular formula is C13H16ClN5O2. The van der Waals surface area contributed by atoms with Crippen LogP contribution in [0.2, 0.25) is 5.02 Å². The largest absolute Gasteiger partial charge is 0.480 e. The highest BCUT2D eigenvalue weighted by atomic mass is 35.5. The van der Waals surface area contributed by atoms with Gasteiger partial charge in [-0.05, 0) is 41.1 Å². The lowest BCUT2D eigenvalue weighted by atomic mass is 10.2. The summed E-state index contributed by atoms with van der Waals surface area (Å²) in [5.41, 5.74) is 0.757. The SMILES string of the molecule is CCCn1nnnc1CN(CC(=O)O)c1ccc(Cl)cc1. The van der Waals surface area contributed by atoms with Crippen LogP contribution in [0.4, 0.5) is 5.69 Å². The first-order chi connectivity index (χ1) is 10.1. The zero-order valence-electron chi connectivity index (χ0n) is 11.6. The van der Waals surface area contributed by atoms with Gasteiger partial charge in [0.15, 0.2) is 5.82 Å². The van der Waals surface area contributed by atoms with Crippen LogP contribution >= 0.6 is 11.6 Å². The predicted molar refractivity (Wildman–Crippen MR) is 78.2 cm³/mol. The topological polar surface area (TPSA) is 84.1 Å². The molecule has 21 heavy (non-hydrogen) atoms. The fourth-order valence-corrected chi connectivity index (χ4v) is 2.07. The van der Waals surface area contributed by atoms with E-state index in [9.17, 15) is 4.79 Å². The van der Waals surface area contributed by atoms with Crippen LogP contribution in [0, 0.1) is 0 Å². The summed E-state index contributed by atoms with van der Waals surface area (Å²) in [6.07, 6.45) is 0.901. The van der Waals surface area contributed by atoms with Crippen LogP contribution in [0.25, 0.3) is 0 Å². The maximum Gasteiger partial charge on any atom is 0.323 e. The number of carboxylic acids is 1. The Bertz CT molecular complexity index is 599. The van der Waals surface area contributed by atoms with Gasteiger partial charge in [0.25, 0.3) is 0 Å². The van der Waals surface area contributed by atoms with Gasteiger partial charge in [-0.1, -0.05) is 18.5 Å². The quantitative estimate of drug-likeness (QED) is 0.840. The number of anilines is 1. The van der Waals surface area contributed by atoms with Gasteiger partial charge in [0.05, 0.1) is 6.54 Å². The third kappa shape index (κ3) is 4.16. The average Bonchev–Trinajstić information content (AvgIpc) is 2.86. The number of rotatable bonds is 7. The zero-order chi connectivity index (χ0) is 15.2. The fourth-order valence-electron chi connectivity index (χ4n) is 1.95. The van der Waals surface area contributed by atoms with E-state index in [0.717, 1.165) is 12.1 Å². The molecule has 8 heteroatoms. The van der Waals surface area contributed by atoms with Gasteiger partial charge in [-0.15, -0.1) is 5.10 Å². The highest BCUT2D eigenvalue weighted by Crippen LogP contribution is 2.19. The number of tetrazole rings is 1. The fraction of sp³-hybridized carbons (Fsp3) is 0.385. The van der Waals surface area contributed by atoms with E-state index in [0.29, 0.717) is 23.9 Å². The number of aliphatic carboxylic acids is 1. The lowest BCUT2D eigenvalue weighted by molar-refractivity contribution is -0.135. The van der Waals surface area contributed by atoms with Crippen LogP contribution in [0.1, 0.15) is 19.2 Å². The molecule has 2 rings (SSSR count). The predicted octanol–water partition coefficient (Wildman–Crippen LogP) is 1.83. The van der Waals surface area contributed by atoms with Crippen molar-refractivity contribution >= 4 is 23.3 Å². The highest BCUT2D eigenvalue weighted by Gasteiger charge is 2.15. The first-order valence-electron chi connectivity index (χ1n) is 6.57. The summed E-state index contributed by atoms with van der Waals surface area (Å²) >= 11 is 5.86. The second-order valence-electron chi connectivity index (χ2n) is 4.54. The molecule has 0 aliphatic rings. The van der Waals surface area contributed by atoms with Crippen LogP contribution in [-0.2, 0) is 17.9 Å². The lowest BCUT2D eigenvalue weighted by Gasteiger charge is -2.22.